The molecule has 0 aromatic heterocycles. The highest BCUT2D eigenvalue weighted by Crippen LogP contribution is 2.33. The second-order valence-electron chi connectivity index (χ2n) is 5.92. The maximum Gasteiger partial charge on any atom is 0.221 e. The third-order valence-corrected chi connectivity index (χ3v) is 4.83. The van der Waals surface area contributed by atoms with Gasteiger partial charge in [-0.15, -0.1) is 0 Å². The highest BCUT2D eigenvalue weighted by Gasteiger charge is 2.39. The van der Waals surface area contributed by atoms with E-state index < -0.39 is 0 Å². The minimum absolute atomic E-state index is 0.0497. The van der Waals surface area contributed by atoms with E-state index in [0.717, 1.165) is 32.2 Å². The zero-order chi connectivity index (χ0) is 13.4. The number of primary amides is 1. The van der Waals surface area contributed by atoms with Crippen LogP contribution in [0.15, 0.2) is 24.3 Å². The summed E-state index contributed by atoms with van der Waals surface area (Å²) < 4.78 is 0. The predicted octanol–water partition coefficient (Wildman–Crippen LogP) is 1.74. The molecular weight excluding hydrogens is 236 g/mol. The molecule has 2 unspecified atom stereocenters. The Kier molecular flexibility index (Phi) is 3.31. The molecule has 102 valence electrons. The number of amides is 1. The number of carbonyl (C=O) groups excluding carboxylic acids is 1. The van der Waals surface area contributed by atoms with Gasteiger partial charge in [-0.1, -0.05) is 31.2 Å². The SMILES string of the molecule is CCC1CC(C(N)=O)CN1C1Cc2ccccc2C1. The molecule has 1 fully saturated rings. The Labute approximate surface area is 114 Å². The van der Waals surface area contributed by atoms with E-state index in [9.17, 15) is 4.79 Å². The van der Waals surface area contributed by atoms with Gasteiger partial charge in [-0.2, -0.15) is 0 Å². The number of hydrogen-bond acceptors (Lipinski definition) is 2. The van der Waals surface area contributed by atoms with Crippen LogP contribution in [0.2, 0.25) is 0 Å². The van der Waals surface area contributed by atoms with Crippen molar-refractivity contribution in [2.75, 3.05) is 6.54 Å². The maximum absolute atomic E-state index is 11.4. The normalized spacial score (nSPS) is 27.6. The Morgan fingerprint density at radius 3 is 2.47 bits per heavy atom. The number of benzene rings is 1. The van der Waals surface area contributed by atoms with Crippen molar-refractivity contribution in [1.82, 2.24) is 4.90 Å². The number of hydrogen-bond donors (Lipinski definition) is 1. The molecule has 3 nitrogen and oxygen atoms in total. The molecular formula is C16H22N2O. The van der Waals surface area contributed by atoms with Crippen LogP contribution < -0.4 is 5.73 Å². The monoisotopic (exact) mass is 258 g/mol. The van der Waals surface area contributed by atoms with Gasteiger partial charge in [0.2, 0.25) is 5.91 Å². The van der Waals surface area contributed by atoms with Crippen LogP contribution in [0.4, 0.5) is 0 Å². The first kappa shape index (κ1) is 12.7. The molecule has 1 aromatic carbocycles. The summed E-state index contributed by atoms with van der Waals surface area (Å²) in [6.07, 6.45) is 4.30. The van der Waals surface area contributed by atoms with E-state index in [1.807, 2.05) is 0 Å². The molecule has 0 radical (unpaired) electrons. The Hall–Kier alpha value is -1.35. The smallest absolute Gasteiger partial charge is 0.221 e. The van der Waals surface area contributed by atoms with Crippen molar-refractivity contribution in [3.63, 3.8) is 0 Å². The predicted molar refractivity (Wildman–Crippen MR) is 75.7 cm³/mol. The standard InChI is InChI=1S/C16H22N2O/c1-2-14-9-13(16(17)19)10-18(14)15-7-11-5-3-4-6-12(11)8-15/h3-6,13-15H,2,7-10H2,1H3,(H2,17,19). The number of nitrogens with zero attached hydrogens (tertiary/aromatic N) is 1. The molecule has 0 bridgehead atoms. The molecule has 19 heavy (non-hydrogen) atoms. The number of fused-ring (bicyclic) bond motifs is 1. The van der Waals surface area contributed by atoms with Crippen LogP contribution in [0.1, 0.15) is 30.9 Å². The van der Waals surface area contributed by atoms with Crippen LogP contribution in [0, 0.1) is 5.92 Å². The molecule has 2 aliphatic rings. The molecule has 3 rings (SSSR count). The van der Waals surface area contributed by atoms with E-state index in [2.05, 4.69) is 36.1 Å². The number of rotatable bonds is 3. The van der Waals surface area contributed by atoms with Gasteiger partial charge in [0.15, 0.2) is 0 Å². The quantitative estimate of drug-likeness (QED) is 0.897. The van der Waals surface area contributed by atoms with Crippen LogP contribution in [-0.4, -0.2) is 29.4 Å². The number of likely N-dealkylation sites (tertiary alicyclic amines) is 1. The summed E-state index contributed by atoms with van der Waals surface area (Å²) in [6, 6.07) is 9.79. The summed E-state index contributed by atoms with van der Waals surface area (Å²) in [5.41, 5.74) is 8.45. The average molecular weight is 258 g/mol. The Balaban J connectivity index is 1.75. The van der Waals surface area contributed by atoms with Crippen molar-refractivity contribution in [3.8, 4) is 0 Å². The summed E-state index contributed by atoms with van der Waals surface area (Å²) in [6.45, 7) is 3.07. The van der Waals surface area contributed by atoms with Crippen molar-refractivity contribution in [2.45, 2.75) is 44.7 Å². The van der Waals surface area contributed by atoms with Crippen molar-refractivity contribution in [1.29, 1.82) is 0 Å². The lowest BCUT2D eigenvalue weighted by atomic mass is 10.0. The van der Waals surface area contributed by atoms with E-state index in [0.29, 0.717) is 12.1 Å². The van der Waals surface area contributed by atoms with E-state index in [1.54, 1.807) is 0 Å². The molecule has 1 aromatic rings. The first-order chi connectivity index (χ1) is 9.19. The number of nitrogens with two attached hydrogens (primary N) is 1. The highest BCUT2D eigenvalue weighted by atomic mass is 16.1. The molecule has 1 saturated heterocycles. The highest BCUT2D eigenvalue weighted by molar-refractivity contribution is 5.77. The van der Waals surface area contributed by atoms with Crippen LogP contribution >= 0.6 is 0 Å². The van der Waals surface area contributed by atoms with Gasteiger partial charge in [0, 0.05) is 18.6 Å². The largest absolute Gasteiger partial charge is 0.369 e. The summed E-state index contributed by atoms with van der Waals surface area (Å²) in [7, 11) is 0. The van der Waals surface area contributed by atoms with Gasteiger partial charge in [0.1, 0.15) is 0 Å². The first-order valence-electron chi connectivity index (χ1n) is 7.31. The second kappa shape index (κ2) is 4.97. The number of carbonyl (C=O) groups is 1. The van der Waals surface area contributed by atoms with Gasteiger partial charge in [-0.05, 0) is 36.8 Å². The van der Waals surface area contributed by atoms with Crippen LogP contribution in [0.5, 0.6) is 0 Å². The fourth-order valence-electron chi connectivity index (χ4n) is 3.77. The third-order valence-electron chi connectivity index (χ3n) is 4.83. The molecule has 1 heterocycles. The van der Waals surface area contributed by atoms with Gasteiger partial charge in [0.05, 0.1) is 5.92 Å². The Bertz CT molecular complexity index is 460. The lowest BCUT2D eigenvalue weighted by Crippen LogP contribution is -2.40. The van der Waals surface area contributed by atoms with Crippen molar-refractivity contribution >= 4 is 5.91 Å². The Morgan fingerprint density at radius 2 is 1.95 bits per heavy atom. The van der Waals surface area contributed by atoms with Crippen LogP contribution in [-0.2, 0) is 17.6 Å². The van der Waals surface area contributed by atoms with Gasteiger partial charge in [0.25, 0.3) is 0 Å². The van der Waals surface area contributed by atoms with Crippen LogP contribution in [0.3, 0.4) is 0 Å². The van der Waals surface area contributed by atoms with Gasteiger partial charge in [-0.25, -0.2) is 0 Å². The van der Waals surface area contributed by atoms with Crippen molar-refractivity contribution < 1.29 is 4.79 Å². The molecule has 2 N–H and O–H groups in total. The summed E-state index contributed by atoms with van der Waals surface area (Å²) in [5, 5.41) is 0. The molecule has 1 aliphatic carbocycles. The van der Waals surface area contributed by atoms with Gasteiger partial charge >= 0.3 is 0 Å². The molecule has 0 saturated carbocycles. The third kappa shape index (κ3) is 2.27. The molecule has 1 amide bonds. The minimum atomic E-state index is -0.128. The molecule has 1 aliphatic heterocycles. The fourth-order valence-corrected chi connectivity index (χ4v) is 3.77. The molecule has 0 spiro atoms. The van der Waals surface area contributed by atoms with Crippen LogP contribution in [0.25, 0.3) is 0 Å². The maximum atomic E-state index is 11.4. The van der Waals surface area contributed by atoms with E-state index in [1.165, 1.54) is 11.1 Å². The van der Waals surface area contributed by atoms with Crippen molar-refractivity contribution in [3.05, 3.63) is 35.4 Å². The summed E-state index contributed by atoms with van der Waals surface area (Å²) in [5.74, 6) is -0.0786. The minimum Gasteiger partial charge on any atom is -0.369 e. The zero-order valence-corrected chi connectivity index (χ0v) is 11.5. The second-order valence-corrected chi connectivity index (χ2v) is 5.92. The first-order valence-corrected chi connectivity index (χ1v) is 7.31. The summed E-state index contributed by atoms with van der Waals surface area (Å²) >= 11 is 0. The van der Waals surface area contributed by atoms with E-state index >= 15 is 0 Å². The topological polar surface area (TPSA) is 46.3 Å². The van der Waals surface area contributed by atoms with E-state index in [4.69, 9.17) is 5.73 Å². The van der Waals surface area contributed by atoms with E-state index in [-0.39, 0.29) is 11.8 Å². The van der Waals surface area contributed by atoms with Crippen molar-refractivity contribution in [2.24, 2.45) is 11.7 Å². The van der Waals surface area contributed by atoms with Gasteiger partial charge < -0.3 is 5.73 Å². The lowest BCUT2D eigenvalue weighted by molar-refractivity contribution is -0.121. The molecule has 2 atom stereocenters. The fraction of sp³-hybridized carbons (Fsp3) is 0.562. The summed E-state index contributed by atoms with van der Waals surface area (Å²) in [4.78, 5) is 14.0. The van der Waals surface area contributed by atoms with Gasteiger partial charge in [-0.3, -0.25) is 9.69 Å². The lowest BCUT2D eigenvalue weighted by Gasteiger charge is -2.29. The zero-order valence-electron chi connectivity index (χ0n) is 11.5. The molecule has 3 heteroatoms. The average Bonchev–Trinajstić information content (AvgIpc) is 3.01. The Morgan fingerprint density at radius 1 is 1.32 bits per heavy atom.